The highest BCUT2D eigenvalue weighted by Crippen LogP contribution is 2.19. The summed E-state index contributed by atoms with van der Waals surface area (Å²) in [4.78, 5) is 11.7. The van der Waals surface area contributed by atoms with Crippen LogP contribution in [0.4, 0.5) is 8.78 Å². The van der Waals surface area contributed by atoms with Gasteiger partial charge in [0.2, 0.25) is 0 Å². The van der Waals surface area contributed by atoms with E-state index in [-0.39, 0.29) is 11.3 Å². The molecule has 0 saturated carbocycles. The molecule has 3 nitrogen and oxygen atoms in total. The van der Waals surface area contributed by atoms with Crippen molar-refractivity contribution in [2.75, 3.05) is 12.4 Å². The van der Waals surface area contributed by atoms with E-state index in [0.29, 0.717) is 12.4 Å². The van der Waals surface area contributed by atoms with Crippen LogP contribution in [0.5, 0.6) is 5.75 Å². The molecule has 0 aliphatic carbocycles. The summed E-state index contributed by atoms with van der Waals surface area (Å²) in [5.41, 5.74) is 0.101. The Labute approximate surface area is 109 Å². The minimum absolute atomic E-state index is 0.101. The molecule has 18 heavy (non-hydrogen) atoms. The normalized spacial score (nSPS) is 10.4. The Balaban J connectivity index is 2.61. The van der Waals surface area contributed by atoms with Crippen LogP contribution in [0.25, 0.3) is 0 Å². The Bertz CT molecular complexity index is 388. The maximum atomic E-state index is 12.1. The number of benzene rings is 1. The maximum absolute atomic E-state index is 12.1. The zero-order valence-electron chi connectivity index (χ0n) is 9.67. The number of para-hydroxylation sites is 1. The van der Waals surface area contributed by atoms with E-state index in [1.807, 2.05) is 0 Å². The van der Waals surface area contributed by atoms with Crippen molar-refractivity contribution in [2.45, 2.75) is 19.5 Å². The van der Waals surface area contributed by atoms with E-state index in [1.54, 1.807) is 6.07 Å². The Hall–Kier alpha value is -1.36. The van der Waals surface area contributed by atoms with Crippen LogP contribution < -0.4 is 10.1 Å². The molecule has 0 spiro atoms. The van der Waals surface area contributed by atoms with E-state index >= 15 is 0 Å². The molecule has 0 aliphatic heterocycles. The van der Waals surface area contributed by atoms with Gasteiger partial charge in [0.25, 0.3) is 5.91 Å². The number of hydrogen-bond acceptors (Lipinski definition) is 2. The monoisotopic (exact) mass is 277 g/mol. The number of amides is 1. The van der Waals surface area contributed by atoms with Gasteiger partial charge in [-0.2, -0.15) is 8.78 Å². The van der Waals surface area contributed by atoms with Crippen molar-refractivity contribution >= 4 is 17.5 Å². The van der Waals surface area contributed by atoms with Crippen LogP contribution in [0.2, 0.25) is 0 Å². The third-order valence-electron chi connectivity index (χ3n) is 2.19. The van der Waals surface area contributed by atoms with Crippen molar-refractivity contribution < 1.29 is 18.3 Å². The van der Waals surface area contributed by atoms with Crippen molar-refractivity contribution in [3.8, 4) is 5.75 Å². The van der Waals surface area contributed by atoms with Gasteiger partial charge in [-0.15, -0.1) is 11.6 Å². The Morgan fingerprint density at radius 1 is 1.33 bits per heavy atom. The van der Waals surface area contributed by atoms with Crippen LogP contribution in [0.1, 0.15) is 23.2 Å². The molecule has 0 bridgehead atoms. The zero-order chi connectivity index (χ0) is 13.4. The summed E-state index contributed by atoms with van der Waals surface area (Å²) in [7, 11) is 0. The van der Waals surface area contributed by atoms with E-state index in [1.165, 1.54) is 18.2 Å². The highest BCUT2D eigenvalue weighted by Gasteiger charge is 2.14. The third-order valence-corrected chi connectivity index (χ3v) is 2.46. The number of unbranched alkanes of at least 4 members (excludes halogenated alkanes) is 1. The highest BCUT2D eigenvalue weighted by atomic mass is 35.5. The molecule has 1 rings (SSSR count). The van der Waals surface area contributed by atoms with Crippen molar-refractivity contribution in [3.63, 3.8) is 0 Å². The van der Waals surface area contributed by atoms with Crippen molar-refractivity contribution in [3.05, 3.63) is 29.8 Å². The van der Waals surface area contributed by atoms with Crippen LogP contribution >= 0.6 is 11.6 Å². The van der Waals surface area contributed by atoms with Gasteiger partial charge in [-0.3, -0.25) is 4.79 Å². The van der Waals surface area contributed by atoms with E-state index in [9.17, 15) is 13.6 Å². The molecule has 0 heterocycles. The van der Waals surface area contributed by atoms with E-state index in [0.717, 1.165) is 12.8 Å². The van der Waals surface area contributed by atoms with Crippen LogP contribution in [0.3, 0.4) is 0 Å². The molecule has 1 N–H and O–H groups in total. The minimum atomic E-state index is -2.95. The standard InChI is InChI=1S/C12H14ClF2NO2/c13-7-3-4-8-16-11(17)9-5-1-2-6-10(9)18-12(14)15/h1-2,5-6,12H,3-4,7-8H2,(H,16,17). The predicted octanol–water partition coefficient (Wildman–Crippen LogP) is 3.04. The molecular formula is C12H14ClF2NO2. The summed E-state index contributed by atoms with van der Waals surface area (Å²) >= 11 is 5.50. The number of alkyl halides is 3. The topological polar surface area (TPSA) is 38.3 Å². The summed E-state index contributed by atoms with van der Waals surface area (Å²) < 4.78 is 28.6. The lowest BCUT2D eigenvalue weighted by molar-refractivity contribution is -0.0501. The summed E-state index contributed by atoms with van der Waals surface area (Å²) in [6, 6.07) is 5.89. The van der Waals surface area contributed by atoms with Gasteiger partial charge in [-0.1, -0.05) is 12.1 Å². The van der Waals surface area contributed by atoms with Gasteiger partial charge in [0.1, 0.15) is 5.75 Å². The van der Waals surface area contributed by atoms with Gasteiger partial charge in [0.15, 0.2) is 0 Å². The van der Waals surface area contributed by atoms with Crippen molar-refractivity contribution in [2.24, 2.45) is 0 Å². The van der Waals surface area contributed by atoms with Gasteiger partial charge in [-0.25, -0.2) is 0 Å². The van der Waals surface area contributed by atoms with Gasteiger partial charge in [0, 0.05) is 12.4 Å². The number of halogens is 3. The smallest absolute Gasteiger partial charge is 0.387 e. The average molecular weight is 278 g/mol. The van der Waals surface area contributed by atoms with E-state index in [2.05, 4.69) is 10.1 Å². The van der Waals surface area contributed by atoms with Gasteiger partial charge in [-0.05, 0) is 25.0 Å². The lowest BCUT2D eigenvalue weighted by Gasteiger charge is -2.10. The second-order valence-electron chi connectivity index (χ2n) is 3.53. The summed E-state index contributed by atoms with van der Waals surface area (Å²) in [5.74, 6) is -0.0239. The molecule has 0 unspecified atom stereocenters. The molecule has 100 valence electrons. The first-order valence-corrected chi connectivity index (χ1v) is 6.06. The minimum Gasteiger partial charge on any atom is -0.434 e. The Kier molecular flexibility index (Phi) is 6.43. The first-order chi connectivity index (χ1) is 8.65. The lowest BCUT2D eigenvalue weighted by atomic mass is 10.2. The number of nitrogens with one attached hydrogen (secondary N) is 1. The average Bonchev–Trinajstić information content (AvgIpc) is 2.34. The highest BCUT2D eigenvalue weighted by molar-refractivity contribution is 6.17. The van der Waals surface area contributed by atoms with Crippen molar-refractivity contribution in [1.82, 2.24) is 5.32 Å². The number of carbonyl (C=O) groups is 1. The van der Waals surface area contributed by atoms with Crippen LogP contribution in [0, 0.1) is 0 Å². The number of rotatable bonds is 7. The Morgan fingerprint density at radius 2 is 2.06 bits per heavy atom. The first-order valence-electron chi connectivity index (χ1n) is 5.53. The number of carbonyl (C=O) groups excluding carboxylic acids is 1. The lowest BCUT2D eigenvalue weighted by Crippen LogP contribution is -2.25. The molecule has 0 fully saturated rings. The van der Waals surface area contributed by atoms with E-state index < -0.39 is 12.5 Å². The van der Waals surface area contributed by atoms with Crippen LogP contribution in [0.15, 0.2) is 24.3 Å². The van der Waals surface area contributed by atoms with Crippen LogP contribution in [-0.4, -0.2) is 24.9 Å². The summed E-state index contributed by atoms with van der Waals surface area (Å²) in [6.45, 7) is -2.50. The van der Waals surface area contributed by atoms with Crippen molar-refractivity contribution in [1.29, 1.82) is 0 Å². The first kappa shape index (κ1) is 14.7. The summed E-state index contributed by atoms with van der Waals surface area (Å²) in [5, 5.41) is 2.62. The largest absolute Gasteiger partial charge is 0.434 e. The molecule has 0 aliphatic rings. The molecule has 1 aromatic carbocycles. The zero-order valence-corrected chi connectivity index (χ0v) is 10.4. The van der Waals surface area contributed by atoms with Gasteiger partial charge < -0.3 is 10.1 Å². The third kappa shape index (κ3) is 4.87. The fourth-order valence-electron chi connectivity index (χ4n) is 1.37. The van der Waals surface area contributed by atoms with E-state index in [4.69, 9.17) is 11.6 Å². The molecule has 6 heteroatoms. The fourth-order valence-corrected chi connectivity index (χ4v) is 1.56. The maximum Gasteiger partial charge on any atom is 0.387 e. The predicted molar refractivity (Wildman–Crippen MR) is 65.4 cm³/mol. The number of hydrogen-bond donors (Lipinski definition) is 1. The summed E-state index contributed by atoms with van der Waals surface area (Å²) in [6.07, 6.45) is 1.53. The van der Waals surface area contributed by atoms with Crippen LogP contribution in [-0.2, 0) is 0 Å². The molecular weight excluding hydrogens is 264 g/mol. The quantitative estimate of drug-likeness (QED) is 0.614. The molecule has 0 atom stereocenters. The SMILES string of the molecule is O=C(NCCCCCl)c1ccccc1OC(F)F. The molecule has 1 aromatic rings. The second-order valence-corrected chi connectivity index (χ2v) is 3.90. The molecule has 0 saturated heterocycles. The number of ether oxygens (including phenoxy) is 1. The van der Waals surface area contributed by atoms with Gasteiger partial charge >= 0.3 is 6.61 Å². The Morgan fingerprint density at radius 3 is 2.72 bits per heavy atom. The molecule has 0 radical (unpaired) electrons. The second kappa shape index (κ2) is 7.87. The molecule has 1 amide bonds. The molecule has 0 aromatic heterocycles. The van der Waals surface area contributed by atoms with Gasteiger partial charge in [0.05, 0.1) is 5.56 Å². The fraction of sp³-hybridized carbons (Fsp3) is 0.417.